The number of aromatic nitrogens is 4. The van der Waals surface area contributed by atoms with Crippen molar-refractivity contribution in [2.45, 2.75) is 12.5 Å². The summed E-state index contributed by atoms with van der Waals surface area (Å²) in [5.74, 6) is -5.64. The molecule has 5 N–H and O–H groups in total. The first-order valence-electron chi connectivity index (χ1n) is 9.89. The van der Waals surface area contributed by atoms with Crippen LogP contribution >= 0.6 is 7.60 Å². The van der Waals surface area contributed by atoms with Crippen LogP contribution in [-0.4, -0.2) is 58.5 Å². The molecule has 0 aliphatic heterocycles. The number of carbonyl (C=O) groups excluding carboxylic acids is 1. The second kappa shape index (κ2) is 8.80. The van der Waals surface area contributed by atoms with Crippen molar-refractivity contribution in [2.75, 3.05) is 6.16 Å². The van der Waals surface area contributed by atoms with E-state index in [-0.39, 0.29) is 23.3 Å². The summed E-state index contributed by atoms with van der Waals surface area (Å²) in [5, 5.41) is 11.2. The lowest BCUT2D eigenvalue weighted by molar-refractivity contribution is -0.138. The molecule has 15 heteroatoms. The standard InChI is InChI=1S/C20H17F3N5O6P/c1-28-13-4-8(19(29)25-12(20(30)31)7-35(32,33)34)2-3-11(13)24-15(28)6-14-26-17-10(22)5-9(21)16(23)18(17)27-14/h2-5,12H,6-7H2,1H3,(H,25,29)(H,26,27)(H,30,31)(H2,32,33,34). The molecule has 1 unspecified atom stereocenters. The van der Waals surface area contributed by atoms with Gasteiger partial charge in [-0.2, -0.15) is 0 Å². The first-order chi connectivity index (χ1) is 16.3. The Morgan fingerprint density at radius 1 is 1.17 bits per heavy atom. The normalized spacial score (nSPS) is 12.9. The molecule has 4 aromatic rings. The maximum absolute atomic E-state index is 14.0. The highest BCUT2D eigenvalue weighted by Crippen LogP contribution is 2.35. The molecule has 1 atom stereocenters. The third kappa shape index (κ3) is 4.90. The molecule has 0 radical (unpaired) electrons. The Labute approximate surface area is 193 Å². The molecule has 0 fully saturated rings. The Balaban J connectivity index is 1.62. The Hall–Kier alpha value is -3.74. The SMILES string of the molecule is Cn1c(Cc2nc3c(F)cc(F)c(F)c3[nH]2)nc2ccc(C(=O)NC(CP(=O)(O)O)C(=O)O)cc21. The molecule has 0 saturated carbocycles. The smallest absolute Gasteiger partial charge is 0.328 e. The number of benzene rings is 2. The van der Waals surface area contributed by atoms with Gasteiger partial charge in [0.25, 0.3) is 5.91 Å². The number of aromatic amines is 1. The molecule has 11 nitrogen and oxygen atoms in total. The zero-order chi connectivity index (χ0) is 25.7. The number of carbonyl (C=O) groups is 2. The summed E-state index contributed by atoms with van der Waals surface area (Å²) in [6, 6.07) is 2.81. The highest BCUT2D eigenvalue weighted by atomic mass is 31.2. The van der Waals surface area contributed by atoms with Gasteiger partial charge in [0.15, 0.2) is 17.5 Å². The molecule has 35 heavy (non-hydrogen) atoms. The van der Waals surface area contributed by atoms with Gasteiger partial charge in [0.1, 0.15) is 28.7 Å². The van der Waals surface area contributed by atoms with Gasteiger partial charge in [-0.3, -0.25) is 9.36 Å². The summed E-state index contributed by atoms with van der Waals surface area (Å²) < 4.78 is 54.1. The molecule has 2 aromatic carbocycles. The topological polar surface area (TPSA) is 170 Å². The first-order valence-corrected chi connectivity index (χ1v) is 11.7. The van der Waals surface area contributed by atoms with Gasteiger partial charge >= 0.3 is 13.6 Å². The van der Waals surface area contributed by atoms with Crippen LogP contribution < -0.4 is 5.32 Å². The van der Waals surface area contributed by atoms with Crippen LogP contribution in [0.5, 0.6) is 0 Å². The minimum Gasteiger partial charge on any atom is -0.480 e. The van der Waals surface area contributed by atoms with E-state index in [4.69, 9.17) is 14.9 Å². The molecule has 2 aromatic heterocycles. The number of nitrogens with one attached hydrogen (secondary N) is 2. The lowest BCUT2D eigenvalue weighted by Crippen LogP contribution is -2.43. The van der Waals surface area contributed by atoms with Crippen LogP contribution in [0, 0.1) is 17.5 Å². The second-order valence-electron chi connectivity index (χ2n) is 7.74. The third-order valence-electron chi connectivity index (χ3n) is 5.25. The fourth-order valence-electron chi connectivity index (χ4n) is 3.55. The van der Waals surface area contributed by atoms with Crippen LogP contribution in [0.1, 0.15) is 22.0 Å². The number of rotatable bonds is 7. The Morgan fingerprint density at radius 2 is 1.89 bits per heavy atom. The highest BCUT2D eigenvalue weighted by Gasteiger charge is 2.29. The minimum atomic E-state index is -4.71. The number of H-pyrrole nitrogens is 1. The van der Waals surface area contributed by atoms with Gasteiger partial charge in [-0.15, -0.1) is 0 Å². The Bertz CT molecular complexity index is 1550. The van der Waals surface area contributed by atoms with E-state index in [1.165, 1.54) is 18.2 Å². The van der Waals surface area contributed by atoms with E-state index in [0.717, 1.165) is 0 Å². The maximum Gasteiger partial charge on any atom is 0.328 e. The van der Waals surface area contributed by atoms with E-state index in [1.807, 2.05) is 0 Å². The molecule has 0 saturated heterocycles. The van der Waals surface area contributed by atoms with Crippen molar-refractivity contribution in [1.82, 2.24) is 24.8 Å². The largest absolute Gasteiger partial charge is 0.480 e. The van der Waals surface area contributed by atoms with Crippen LogP contribution in [-0.2, 0) is 22.8 Å². The zero-order valence-electron chi connectivity index (χ0n) is 17.8. The fourth-order valence-corrected chi connectivity index (χ4v) is 4.28. The fraction of sp³-hybridized carbons (Fsp3) is 0.200. The molecule has 4 rings (SSSR count). The average Bonchev–Trinajstić information content (AvgIpc) is 3.32. The van der Waals surface area contributed by atoms with E-state index >= 15 is 0 Å². The summed E-state index contributed by atoms with van der Waals surface area (Å²) >= 11 is 0. The number of hydrogen-bond acceptors (Lipinski definition) is 5. The predicted octanol–water partition coefficient (Wildman–Crippen LogP) is 1.82. The van der Waals surface area contributed by atoms with Crippen LogP contribution in [0.25, 0.3) is 22.1 Å². The summed E-state index contributed by atoms with van der Waals surface area (Å²) in [7, 11) is -3.11. The first kappa shape index (κ1) is 24.4. The number of amides is 1. The van der Waals surface area contributed by atoms with Crippen molar-refractivity contribution in [2.24, 2.45) is 7.05 Å². The van der Waals surface area contributed by atoms with Gasteiger partial charge < -0.3 is 29.8 Å². The van der Waals surface area contributed by atoms with Crippen molar-refractivity contribution in [3.8, 4) is 0 Å². The predicted molar refractivity (Wildman–Crippen MR) is 115 cm³/mol. The minimum absolute atomic E-state index is 0.00682. The van der Waals surface area contributed by atoms with E-state index < -0.39 is 54.6 Å². The number of aryl methyl sites for hydroxylation is 1. The van der Waals surface area contributed by atoms with Crippen molar-refractivity contribution in [1.29, 1.82) is 0 Å². The van der Waals surface area contributed by atoms with Gasteiger partial charge in [-0.25, -0.2) is 27.9 Å². The lowest BCUT2D eigenvalue weighted by Gasteiger charge is -2.15. The number of imidazole rings is 2. The molecular formula is C20H17F3N5O6P. The number of fused-ring (bicyclic) bond motifs is 2. The summed E-state index contributed by atoms with van der Waals surface area (Å²) in [6.45, 7) is 0. The average molecular weight is 511 g/mol. The van der Waals surface area contributed by atoms with E-state index in [1.54, 1.807) is 11.6 Å². The summed E-state index contributed by atoms with van der Waals surface area (Å²) in [4.78, 5) is 52.7. The van der Waals surface area contributed by atoms with Crippen LogP contribution in [0.2, 0.25) is 0 Å². The van der Waals surface area contributed by atoms with E-state index in [2.05, 4.69) is 20.3 Å². The van der Waals surface area contributed by atoms with Gasteiger partial charge in [-0.1, -0.05) is 0 Å². The van der Waals surface area contributed by atoms with Crippen molar-refractivity contribution in [3.05, 3.63) is 58.9 Å². The van der Waals surface area contributed by atoms with Gasteiger partial charge in [0.05, 0.1) is 23.6 Å². The molecule has 2 heterocycles. The van der Waals surface area contributed by atoms with E-state index in [9.17, 15) is 27.3 Å². The number of nitrogens with zero attached hydrogens (tertiary/aromatic N) is 3. The van der Waals surface area contributed by atoms with Crippen molar-refractivity contribution in [3.63, 3.8) is 0 Å². The monoisotopic (exact) mass is 511 g/mol. The Kier molecular flexibility index (Phi) is 6.13. The lowest BCUT2D eigenvalue weighted by atomic mass is 10.1. The van der Waals surface area contributed by atoms with Crippen molar-refractivity contribution < 1.29 is 42.2 Å². The van der Waals surface area contributed by atoms with Gasteiger partial charge in [-0.05, 0) is 18.2 Å². The zero-order valence-corrected chi connectivity index (χ0v) is 18.7. The summed E-state index contributed by atoms with van der Waals surface area (Å²) in [5.41, 5.74) is 0.100. The Morgan fingerprint density at radius 3 is 2.54 bits per heavy atom. The molecule has 0 bridgehead atoms. The molecule has 0 aliphatic carbocycles. The van der Waals surface area contributed by atoms with E-state index in [0.29, 0.717) is 22.9 Å². The van der Waals surface area contributed by atoms with Crippen LogP contribution in [0.15, 0.2) is 24.3 Å². The summed E-state index contributed by atoms with van der Waals surface area (Å²) in [6.07, 6.45) is -1.10. The van der Waals surface area contributed by atoms with Crippen LogP contribution in [0.4, 0.5) is 13.2 Å². The molecular weight excluding hydrogens is 494 g/mol. The van der Waals surface area contributed by atoms with Crippen LogP contribution in [0.3, 0.4) is 0 Å². The van der Waals surface area contributed by atoms with Gasteiger partial charge in [0, 0.05) is 18.7 Å². The number of carboxylic acids is 1. The maximum atomic E-state index is 14.0. The number of aliphatic carboxylic acids is 1. The van der Waals surface area contributed by atoms with Crippen molar-refractivity contribution >= 4 is 41.5 Å². The quantitative estimate of drug-likeness (QED) is 0.185. The molecule has 0 spiro atoms. The third-order valence-corrected chi connectivity index (χ3v) is 6.09. The number of carboxylic acid groups (broad SMARTS) is 1. The molecule has 0 aliphatic rings. The second-order valence-corrected chi connectivity index (χ2v) is 9.43. The molecule has 184 valence electrons. The number of halogens is 3. The van der Waals surface area contributed by atoms with Gasteiger partial charge in [0.2, 0.25) is 0 Å². The molecule has 1 amide bonds. The number of hydrogen-bond donors (Lipinski definition) is 5. The highest BCUT2D eigenvalue weighted by molar-refractivity contribution is 7.51.